The highest BCUT2D eigenvalue weighted by molar-refractivity contribution is 6.25. The van der Waals surface area contributed by atoms with Crippen molar-refractivity contribution in [2.75, 3.05) is 5.73 Å². The summed E-state index contributed by atoms with van der Waals surface area (Å²) < 4.78 is 13.3. The first-order chi connectivity index (χ1) is 9.90. The maximum absolute atomic E-state index is 13.3. The molecule has 2 heterocycles. The Morgan fingerprint density at radius 2 is 1.90 bits per heavy atom. The molecular formula is C13H10FN3O4. The average Bonchev–Trinajstić information content (AvgIpc) is 2.63. The molecule has 0 aromatic heterocycles. The van der Waals surface area contributed by atoms with Crippen LogP contribution in [0.4, 0.5) is 10.1 Å². The number of rotatable bonds is 1. The van der Waals surface area contributed by atoms with Crippen molar-refractivity contribution in [1.29, 1.82) is 0 Å². The first-order valence-electron chi connectivity index (χ1n) is 6.20. The molecule has 0 saturated carbocycles. The van der Waals surface area contributed by atoms with E-state index < -0.39 is 35.5 Å². The second kappa shape index (κ2) is 4.37. The number of imide groups is 2. The number of nitrogen functional groups attached to an aromatic ring is 1. The van der Waals surface area contributed by atoms with Crippen LogP contribution in [0.25, 0.3) is 0 Å². The quantitative estimate of drug-likeness (QED) is 0.550. The molecular weight excluding hydrogens is 281 g/mol. The van der Waals surface area contributed by atoms with Gasteiger partial charge < -0.3 is 5.73 Å². The fourth-order valence-electron chi connectivity index (χ4n) is 2.59. The van der Waals surface area contributed by atoms with Gasteiger partial charge in [0.1, 0.15) is 11.9 Å². The number of piperidine rings is 1. The van der Waals surface area contributed by atoms with Crippen molar-refractivity contribution in [1.82, 2.24) is 10.2 Å². The summed E-state index contributed by atoms with van der Waals surface area (Å²) in [6.07, 6.45) is 0.0617. The number of amides is 4. The van der Waals surface area contributed by atoms with E-state index in [4.69, 9.17) is 5.73 Å². The third-order valence-electron chi connectivity index (χ3n) is 3.54. The van der Waals surface area contributed by atoms with E-state index in [1.165, 1.54) is 0 Å². The van der Waals surface area contributed by atoms with Crippen molar-refractivity contribution in [3.63, 3.8) is 0 Å². The van der Waals surface area contributed by atoms with Gasteiger partial charge in [-0.1, -0.05) is 0 Å². The van der Waals surface area contributed by atoms with Crippen molar-refractivity contribution in [3.05, 3.63) is 29.1 Å². The van der Waals surface area contributed by atoms with Crippen LogP contribution in [-0.4, -0.2) is 34.6 Å². The second-order valence-electron chi connectivity index (χ2n) is 4.86. The summed E-state index contributed by atoms with van der Waals surface area (Å²) in [4.78, 5) is 48.2. The maximum Gasteiger partial charge on any atom is 0.264 e. The molecule has 2 aliphatic heterocycles. The lowest BCUT2D eigenvalue weighted by atomic mass is 10.0. The fourth-order valence-corrected chi connectivity index (χ4v) is 2.59. The molecule has 7 nitrogen and oxygen atoms in total. The Kier molecular flexibility index (Phi) is 2.75. The van der Waals surface area contributed by atoms with E-state index in [1.54, 1.807) is 0 Å². The molecule has 108 valence electrons. The molecule has 3 rings (SSSR count). The summed E-state index contributed by atoms with van der Waals surface area (Å²) in [6, 6.07) is 0.771. The number of benzene rings is 1. The van der Waals surface area contributed by atoms with E-state index in [9.17, 15) is 23.6 Å². The van der Waals surface area contributed by atoms with Crippen molar-refractivity contribution >= 4 is 29.3 Å². The topological polar surface area (TPSA) is 110 Å². The molecule has 0 bridgehead atoms. The minimum atomic E-state index is -1.09. The van der Waals surface area contributed by atoms with Gasteiger partial charge in [-0.05, 0) is 18.6 Å². The molecule has 1 atom stereocenters. The van der Waals surface area contributed by atoms with Crippen molar-refractivity contribution < 1.29 is 23.6 Å². The Bertz CT molecular complexity index is 716. The van der Waals surface area contributed by atoms with E-state index in [0.29, 0.717) is 0 Å². The van der Waals surface area contributed by atoms with Gasteiger partial charge in [-0.15, -0.1) is 0 Å². The second-order valence-corrected chi connectivity index (χ2v) is 4.86. The smallest absolute Gasteiger partial charge is 0.264 e. The zero-order chi connectivity index (χ0) is 15.3. The van der Waals surface area contributed by atoms with Crippen LogP contribution in [0, 0.1) is 5.82 Å². The standard InChI is InChI=1S/C13H10FN3O4/c14-5-3-6-10(7(15)4-5)13(21)17(12(6)20)8-1-2-9(18)16-11(8)19/h3-4,8H,1-2,15H2,(H,16,18,19)/t8-/m1/s1. The van der Waals surface area contributed by atoms with Crippen LogP contribution in [0.15, 0.2) is 12.1 Å². The van der Waals surface area contributed by atoms with Crippen molar-refractivity contribution in [2.45, 2.75) is 18.9 Å². The summed E-state index contributed by atoms with van der Waals surface area (Å²) in [5, 5.41) is 2.07. The normalized spacial score (nSPS) is 21.6. The number of anilines is 1. The van der Waals surface area contributed by atoms with Gasteiger partial charge in [-0.25, -0.2) is 4.39 Å². The zero-order valence-electron chi connectivity index (χ0n) is 10.7. The Morgan fingerprint density at radius 1 is 1.19 bits per heavy atom. The van der Waals surface area contributed by atoms with E-state index in [1.807, 2.05) is 0 Å². The van der Waals surface area contributed by atoms with E-state index in [0.717, 1.165) is 17.0 Å². The lowest BCUT2D eigenvalue weighted by Gasteiger charge is -2.27. The first-order valence-corrected chi connectivity index (χ1v) is 6.20. The van der Waals surface area contributed by atoms with Crippen LogP contribution < -0.4 is 11.1 Å². The SMILES string of the molecule is Nc1cc(F)cc2c1C(=O)N([C@@H]1CCC(=O)NC1=O)C2=O. The third-order valence-corrected chi connectivity index (χ3v) is 3.54. The van der Waals surface area contributed by atoms with E-state index >= 15 is 0 Å². The fraction of sp³-hybridized carbons (Fsp3) is 0.231. The number of halogens is 1. The Hall–Kier alpha value is -2.77. The number of carbonyl (C=O) groups excluding carboxylic acids is 4. The third kappa shape index (κ3) is 1.87. The monoisotopic (exact) mass is 291 g/mol. The molecule has 2 aliphatic rings. The van der Waals surface area contributed by atoms with Crippen molar-refractivity contribution in [2.24, 2.45) is 0 Å². The van der Waals surface area contributed by atoms with E-state index in [2.05, 4.69) is 5.32 Å². The van der Waals surface area contributed by atoms with Crippen LogP contribution in [0.3, 0.4) is 0 Å². The van der Waals surface area contributed by atoms with Crippen LogP contribution in [0.5, 0.6) is 0 Å². The zero-order valence-corrected chi connectivity index (χ0v) is 10.7. The van der Waals surface area contributed by atoms with Crippen LogP contribution in [-0.2, 0) is 9.59 Å². The number of fused-ring (bicyclic) bond motifs is 1. The lowest BCUT2D eigenvalue weighted by Crippen LogP contribution is -2.54. The molecule has 8 heteroatoms. The Labute approximate surface area is 117 Å². The van der Waals surface area contributed by atoms with Gasteiger partial charge >= 0.3 is 0 Å². The molecule has 1 aromatic carbocycles. The van der Waals surface area contributed by atoms with Crippen LogP contribution in [0.1, 0.15) is 33.6 Å². The Morgan fingerprint density at radius 3 is 2.57 bits per heavy atom. The largest absolute Gasteiger partial charge is 0.398 e. The summed E-state index contributed by atoms with van der Waals surface area (Å²) in [6.45, 7) is 0. The van der Waals surface area contributed by atoms with Gasteiger partial charge in [-0.2, -0.15) is 0 Å². The number of hydrogen-bond donors (Lipinski definition) is 2. The summed E-state index contributed by atoms with van der Waals surface area (Å²) >= 11 is 0. The lowest BCUT2D eigenvalue weighted by molar-refractivity contribution is -0.136. The minimum Gasteiger partial charge on any atom is -0.398 e. The molecule has 0 radical (unpaired) electrons. The van der Waals surface area contributed by atoms with Gasteiger partial charge in [0.2, 0.25) is 11.8 Å². The molecule has 0 unspecified atom stereocenters. The van der Waals surface area contributed by atoms with Crippen molar-refractivity contribution in [3.8, 4) is 0 Å². The molecule has 21 heavy (non-hydrogen) atoms. The van der Waals surface area contributed by atoms with Gasteiger partial charge in [0.15, 0.2) is 0 Å². The molecule has 1 saturated heterocycles. The summed E-state index contributed by atoms with van der Waals surface area (Å²) in [5.41, 5.74) is 5.15. The molecule has 0 aliphatic carbocycles. The van der Waals surface area contributed by atoms with Gasteiger partial charge in [0.05, 0.1) is 11.1 Å². The average molecular weight is 291 g/mol. The molecule has 4 amide bonds. The van der Waals surface area contributed by atoms with Gasteiger partial charge in [0.25, 0.3) is 11.8 Å². The van der Waals surface area contributed by atoms with Crippen LogP contribution >= 0.6 is 0 Å². The maximum atomic E-state index is 13.3. The number of carbonyl (C=O) groups is 4. The van der Waals surface area contributed by atoms with Gasteiger partial charge in [0, 0.05) is 12.1 Å². The molecule has 3 N–H and O–H groups in total. The number of nitrogens with one attached hydrogen (secondary N) is 1. The Balaban J connectivity index is 2.02. The van der Waals surface area contributed by atoms with Crippen LogP contribution in [0.2, 0.25) is 0 Å². The molecule has 0 spiro atoms. The first kappa shape index (κ1) is 13.2. The number of nitrogens with two attached hydrogens (primary N) is 1. The van der Waals surface area contributed by atoms with E-state index in [-0.39, 0.29) is 29.7 Å². The predicted molar refractivity (Wildman–Crippen MR) is 67.5 cm³/mol. The number of nitrogens with zero attached hydrogens (tertiary/aromatic N) is 1. The van der Waals surface area contributed by atoms with Gasteiger partial charge in [-0.3, -0.25) is 29.4 Å². The predicted octanol–water partition coefficient (Wildman–Crippen LogP) is -0.191. The highest BCUT2D eigenvalue weighted by Crippen LogP contribution is 2.31. The highest BCUT2D eigenvalue weighted by atomic mass is 19.1. The highest BCUT2D eigenvalue weighted by Gasteiger charge is 2.45. The molecule has 1 fully saturated rings. The summed E-state index contributed by atoms with van der Waals surface area (Å²) in [7, 11) is 0. The number of hydrogen-bond acceptors (Lipinski definition) is 5. The molecule has 1 aromatic rings. The minimum absolute atomic E-state index is 0.0215. The summed E-state index contributed by atoms with van der Waals surface area (Å²) in [5.74, 6) is -3.45.